The number of nitrogens with one attached hydrogen (secondary N) is 1. The monoisotopic (exact) mass is 622 g/mol. The molecule has 3 aliphatic heterocycles. The zero-order valence-corrected chi connectivity index (χ0v) is 27.0. The number of nitriles is 1. The SMILES string of the molecule is C=C(NC(C)=O)C(=O)N1CCN(c2nc(OCC3CCCN3C)nc3c2CCN(c2cccc4cccc(C)c24)C3)CC1CC#N. The summed E-state index contributed by atoms with van der Waals surface area (Å²) in [5, 5.41) is 14.6. The Morgan fingerprint density at radius 1 is 1.09 bits per heavy atom. The normalized spacial score (nSPS) is 19.9. The van der Waals surface area contributed by atoms with E-state index in [2.05, 4.69) is 83.0 Å². The second kappa shape index (κ2) is 13.3. The van der Waals surface area contributed by atoms with E-state index in [-0.39, 0.29) is 23.9 Å². The Balaban J connectivity index is 1.31. The van der Waals surface area contributed by atoms with Crippen molar-refractivity contribution in [1.82, 2.24) is 25.1 Å². The van der Waals surface area contributed by atoms with Crippen LogP contribution < -0.4 is 19.9 Å². The average Bonchev–Trinajstić information content (AvgIpc) is 3.46. The number of carbonyl (C=O) groups is 2. The minimum Gasteiger partial charge on any atom is -0.462 e. The molecule has 3 aromatic rings. The second-order valence-electron chi connectivity index (χ2n) is 12.6. The molecule has 6 rings (SSSR count). The zero-order chi connectivity index (χ0) is 32.4. The van der Waals surface area contributed by atoms with Gasteiger partial charge in [-0.25, -0.2) is 0 Å². The fourth-order valence-electron chi connectivity index (χ4n) is 7.08. The smallest absolute Gasteiger partial charge is 0.318 e. The summed E-state index contributed by atoms with van der Waals surface area (Å²) in [5.74, 6) is 0.0836. The Morgan fingerprint density at radius 3 is 2.63 bits per heavy atom. The summed E-state index contributed by atoms with van der Waals surface area (Å²) in [4.78, 5) is 43.3. The Morgan fingerprint density at radius 2 is 1.89 bits per heavy atom. The number of nitrogens with zero attached hydrogens (tertiary/aromatic N) is 7. The molecule has 0 bridgehead atoms. The van der Waals surface area contributed by atoms with Gasteiger partial charge in [0.1, 0.15) is 12.4 Å². The van der Waals surface area contributed by atoms with Crippen LogP contribution in [0, 0.1) is 18.3 Å². The first kappa shape index (κ1) is 31.3. The summed E-state index contributed by atoms with van der Waals surface area (Å²) in [5.41, 5.74) is 4.46. The quantitative estimate of drug-likeness (QED) is 0.377. The van der Waals surface area contributed by atoms with Crippen molar-refractivity contribution in [1.29, 1.82) is 5.26 Å². The lowest BCUT2D eigenvalue weighted by Gasteiger charge is -2.42. The summed E-state index contributed by atoms with van der Waals surface area (Å²) >= 11 is 0. The Hall–Kier alpha value is -4.69. The van der Waals surface area contributed by atoms with Gasteiger partial charge < -0.3 is 29.7 Å². The van der Waals surface area contributed by atoms with Gasteiger partial charge in [0.15, 0.2) is 0 Å². The maximum absolute atomic E-state index is 13.2. The van der Waals surface area contributed by atoms with E-state index in [1.54, 1.807) is 4.90 Å². The highest BCUT2D eigenvalue weighted by Crippen LogP contribution is 2.36. The molecule has 0 radical (unpaired) electrons. The van der Waals surface area contributed by atoms with Crippen molar-refractivity contribution >= 4 is 34.1 Å². The van der Waals surface area contributed by atoms with Crippen molar-refractivity contribution in [2.24, 2.45) is 0 Å². The number of rotatable bonds is 8. The van der Waals surface area contributed by atoms with Gasteiger partial charge in [-0.15, -0.1) is 0 Å². The standard InChI is InChI=1S/C35H42N8O3/c1-23-8-5-9-26-10-6-12-31(32(23)26)41-17-14-29-30(21-41)38-35(46-22-28-11-7-16-40(28)4)39-33(29)42-18-19-43(27(20-42)13-15-36)34(45)24(2)37-25(3)44/h5-6,8-10,12,27-28H,2,7,11,13-14,16-22H2,1,3-4H3,(H,37,44). The van der Waals surface area contributed by atoms with Crippen LogP contribution in [0.15, 0.2) is 48.7 Å². The fourth-order valence-corrected chi connectivity index (χ4v) is 7.08. The van der Waals surface area contributed by atoms with Crippen molar-refractivity contribution in [2.75, 3.05) is 56.2 Å². The number of hydrogen-bond donors (Lipinski definition) is 1. The molecule has 3 aliphatic rings. The minimum absolute atomic E-state index is 0.0136. The van der Waals surface area contributed by atoms with Gasteiger partial charge in [0.25, 0.3) is 5.91 Å². The molecule has 2 aromatic carbocycles. The van der Waals surface area contributed by atoms with Crippen LogP contribution >= 0.6 is 0 Å². The predicted octanol–water partition coefficient (Wildman–Crippen LogP) is 3.55. The van der Waals surface area contributed by atoms with Crippen LogP contribution in [-0.4, -0.2) is 90.0 Å². The summed E-state index contributed by atoms with van der Waals surface area (Å²) in [6, 6.07) is 15.4. The molecule has 2 saturated heterocycles. The number of piperazine rings is 1. The summed E-state index contributed by atoms with van der Waals surface area (Å²) in [6.07, 6.45) is 3.13. The minimum atomic E-state index is -0.391. The number of likely N-dealkylation sites (tertiary alicyclic amines) is 1. The number of amides is 2. The third kappa shape index (κ3) is 6.35. The topological polar surface area (TPSA) is 118 Å². The zero-order valence-electron chi connectivity index (χ0n) is 27.0. The molecule has 4 heterocycles. The van der Waals surface area contributed by atoms with E-state index in [9.17, 15) is 14.9 Å². The van der Waals surface area contributed by atoms with E-state index in [1.807, 2.05) is 0 Å². The van der Waals surface area contributed by atoms with Crippen molar-refractivity contribution in [2.45, 2.75) is 58.2 Å². The van der Waals surface area contributed by atoms with Crippen LogP contribution in [0.2, 0.25) is 0 Å². The number of benzene rings is 2. The van der Waals surface area contributed by atoms with Crippen LogP contribution in [0.4, 0.5) is 11.5 Å². The highest BCUT2D eigenvalue weighted by Gasteiger charge is 2.35. The predicted molar refractivity (Wildman–Crippen MR) is 178 cm³/mol. The van der Waals surface area contributed by atoms with Crippen molar-refractivity contribution in [3.63, 3.8) is 0 Å². The van der Waals surface area contributed by atoms with Gasteiger partial charge in [-0.05, 0) is 56.8 Å². The van der Waals surface area contributed by atoms with Gasteiger partial charge >= 0.3 is 6.01 Å². The van der Waals surface area contributed by atoms with Gasteiger partial charge in [-0.1, -0.05) is 36.9 Å². The lowest BCUT2D eigenvalue weighted by atomic mass is 9.99. The molecule has 240 valence electrons. The number of likely N-dealkylation sites (N-methyl/N-ethyl adjacent to an activating group) is 1. The first-order valence-corrected chi connectivity index (χ1v) is 16.1. The molecule has 0 spiro atoms. The van der Waals surface area contributed by atoms with Crippen LogP contribution in [0.5, 0.6) is 6.01 Å². The molecular weight excluding hydrogens is 580 g/mol. The number of fused-ring (bicyclic) bond motifs is 2. The van der Waals surface area contributed by atoms with E-state index < -0.39 is 6.04 Å². The van der Waals surface area contributed by atoms with Gasteiger partial charge in [-0.3, -0.25) is 9.59 Å². The van der Waals surface area contributed by atoms with E-state index >= 15 is 0 Å². The molecule has 2 unspecified atom stereocenters. The first-order valence-electron chi connectivity index (χ1n) is 16.1. The highest BCUT2D eigenvalue weighted by atomic mass is 16.5. The third-order valence-corrected chi connectivity index (χ3v) is 9.49. The van der Waals surface area contributed by atoms with Crippen LogP contribution in [0.1, 0.15) is 43.0 Å². The number of hydrogen-bond acceptors (Lipinski definition) is 9. The third-order valence-electron chi connectivity index (χ3n) is 9.49. The molecule has 1 aromatic heterocycles. The first-order chi connectivity index (χ1) is 22.2. The summed E-state index contributed by atoms with van der Waals surface area (Å²) in [6.45, 7) is 11.6. The lowest BCUT2D eigenvalue weighted by Crippen LogP contribution is -2.56. The molecule has 11 nitrogen and oxygen atoms in total. The number of ether oxygens (including phenoxy) is 1. The summed E-state index contributed by atoms with van der Waals surface area (Å²) < 4.78 is 6.31. The lowest BCUT2D eigenvalue weighted by molar-refractivity contribution is -0.131. The van der Waals surface area contributed by atoms with Crippen molar-refractivity contribution < 1.29 is 14.3 Å². The van der Waals surface area contributed by atoms with Crippen LogP contribution in [0.3, 0.4) is 0 Å². The second-order valence-corrected chi connectivity index (χ2v) is 12.6. The molecule has 0 saturated carbocycles. The molecule has 2 atom stereocenters. The molecule has 2 amide bonds. The van der Waals surface area contributed by atoms with E-state index in [1.165, 1.54) is 28.9 Å². The average molecular weight is 623 g/mol. The van der Waals surface area contributed by atoms with E-state index in [0.29, 0.717) is 44.8 Å². The van der Waals surface area contributed by atoms with Gasteiger partial charge in [0, 0.05) is 55.8 Å². The Labute approximate surface area is 270 Å². The molecule has 2 fully saturated rings. The highest BCUT2D eigenvalue weighted by molar-refractivity contribution is 5.97. The summed E-state index contributed by atoms with van der Waals surface area (Å²) in [7, 11) is 2.13. The van der Waals surface area contributed by atoms with Crippen LogP contribution in [0.25, 0.3) is 10.8 Å². The Bertz CT molecular complexity index is 1700. The molecule has 46 heavy (non-hydrogen) atoms. The number of aryl methyl sites for hydroxylation is 1. The number of anilines is 2. The maximum Gasteiger partial charge on any atom is 0.318 e. The number of aromatic nitrogens is 2. The van der Waals surface area contributed by atoms with E-state index in [4.69, 9.17) is 14.7 Å². The van der Waals surface area contributed by atoms with Gasteiger partial charge in [0.05, 0.1) is 36.5 Å². The van der Waals surface area contributed by atoms with Crippen LogP contribution in [-0.2, 0) is 22.6 Å². The fraction of sp³-hybridized carbons (Fsp3) is 0.457. The van der Waals surface area contributed by atoms with Crippen molar-refractivity contribution in [3.05, 3.63) is 65.5 Å². The largest absolute Gasteiger partial charge is 0.462 e. The number of carbonyl (C=O) groups excluding carboxylic acids is 2. The molecule has 0 aliphatic carbocycles. The maximum atomic E-state index is 13.2. The molecule has 1 N–H and O–H groups in total. The van der Waals surface area contributed by atoms with Crippen molar-refractivity contribution in [3.8, 4) is 12.1 Å². The molecule has 11 heteroatoms. The van der Waals surface area contributed by atoms with Gasteiger partial charge in [-0.2, -0.15) is 15.2 Å². The van der Waals surface area contributed by atoms with Gasteiger partial charge in [0.2, 0.25) is 5.91 Å². The Kier molecular flexibility index (Phi) is 9.08. The van der Waals surface area contributed by atoms with E-state index in [0.717, 1.165) is 49.4 Å². The molecular formula is C35H42N8O3.